The molecule has 0 fully saturated rings. The fourth-order valence-corrected chi connectivity index (χ4v) is 1.17. The monoisotopic (exact) mass is 203 g/mol. The van der Waals surface area contributed by atoms with Crippen LogP contribution in [0.4, 0.5) is 5.82 Å². The molecular formula is C7H14ClN5. The average molecular weight is 204 g/mol. The zero-order valence-electron chi connectivity index (χ0n) is 7.79. The number of likely N-dealkylation sites (N-methyl/N-ethyl adjacent to an activating group) is 1. The van der Waals surface area contributed by atoms with E-state index in [0.717, 1.165) is 13.1 Å². The molecule has 0 aliphatic heterocycles. The van der Waals surface area contributed by atoms with E-state index in [1.54, 1.807) is 10.9 Å². The molecule has 13 heavy (non-hydrogen) atoms. The predicted molar refractivity (Wildman–Crippen MR) is 53.6 cm³/mol. The molecule has 0 saturated carbocycles. The molecule has 0 saturated heterocycles. The molecule has 0 aromatic carbocycles. The summed E-state index contributed by atoms with van der Waals surface area (Å²) in [6, 6.07) is 0. The van der Waals surface area contributed by atoms with Gasteiger partial charge in [0.25, 0.3) is 0 Å². The molecule has 0 atom stereocenters. The first kappa shape index (κ1) is 10.3. The maximum atomic E-state index is 5.82. The maximum Gasteiger partial charge on any atom is 0.157 e. The van der Waals surface area contributed by atoms with Gasteiger partial charge in [-0.15, -0.1) is 0 Å². The number of nitrogens with two attached hydrogens (primary N) is 1. The fourth-order valence-electron chi connectivity index (χ4n) is 0.970. The highest BCUT2D eigenvalue weighted by molar-refractivity contribution is 6.32. The molecule has 1 rings (SSSR count). The molecule has 1 aromatic heterocycles. The Morgan fingerprint density at radius 1 is 1.69 bits per heavy atom. The molecule has 0 bridgehead atoms. The van der Waals surface area contributed by atoms with Gasteiger partial charge in [0.2, 0.25) is 0 Å². The molecule has 3 N–H and O–H groups in total. The Kier molecular flexibility index (Phi) is 3.53. The number of nitrogens with one attached hydrogen (secondary N) is 1. The van der Waals surface area contributed by atoms with Gasteiger partial charge in [-0.3, -0.25) is 0 Å². The highest BCUT2D eigenvalue weighted by Gasteiger charge is 2.06. The highest BCUT2D eigenvalue weighted by atomic mass is 35.5. The minimum absolute atomic E-state index is 0.543. The number of halogens is 1. The normalized spacial score (nSPS) is 10.8. The van der Waals surface area contributed by atoms with Crippen LogP contribution < -0.4 is 11.3 Å². The quantitative estimate of drug-likeness (QED) is 0.549. The van der Waals surface area contributed by atoms with Crippen LogP contribution in [0.3, 0.4) is 0 Å². The summed E-state index contributed by atoms with van der Waals surface area (Å²) in [5.74, 6) is 5.95. The van der Waals surface area contributed by atoms with E-state index in [9.17, 15) is 0 Å². The van der Waals surface area contributed by atoms with Crippen LogP contribution in [0.1, 0.15) is 0 Å². The lowest BCUT2D eigenvalue weighted by Gasteiger charge is -2.11. The van der Waals surface area contributed by atoms with Gasteiger partial charge >= 0.3 is 0 Å². The summed E-state index contributed by atoms with van der Waals surface area (Å²) in [4.78, 5) is 2.07. The van der Waals surface area contributed by atoms with Crippen molar-refractivity contribution in [1.82, 2.24) is 14.7 Å². The van der Waals surface area contributed by atoms with Crippen LogP contribution >= 0.6 is 11.6 Å². The fraction of sp³-hybridized carbons (Fsp3) is 0.571. The first-order valence-corrected chi connectivity index (χ1v) is 4.35. The van der Waals surface area contributed by atoms with E-state index in [1.165, 1.54) is 0 Å². The molecule has 1 aromatic rings. The molecule has 0 spiro atoms. The molecule has 0 radical (unpaired) electrons. The molecule has 5 nitrogen and oxygen atoms in total. The third kappa shape index (κ3) is 2.58. The minimum Gasteiger partial charge on any atom is -0.308 e. The Labute approximate surface area is 82.4 Å². The molecular weight excluding hydrogens is 190 g/mol. The van der Waals surface area contributed by atoms with E-state index < -0.39 is 0 Å². The first-order chi connectivity index (χ1) is 6.15. The first-order valence-electron chi connectivity index (χ1n) is 3.98. The van der Waals surface area contributed by atoms with Crippen LogP contribution in [0, 0.1) is 0 Å². The minimum atomic E-state index is 0.543. The summed E-state index contributed by atoms with van der Waals surface area (Å²) in [5, 5.41) is 4.62. The van der Waals surface area contributed by atoms with Crippen LogP contribution in [0.2, 0.25) is 5.02 Å². The number of aromatic nitrogens is 2. The summed E-state index contributed by atoms with van der Waals surface area (Å²) in [7, 11) is 4.00. The van der Waals surface area contributed by atoms with Crippen molar-refractivity contribution in [2.24, 2.45) is 5.84 Å². The molecule has 0 amide bonds. The van der Waals surface area contributed by atoms with Crippen molar-refractivity contribution in [2.75, 3.05) is 26.1 Å². The van der Waals surface area contributed by atoms with Crippen molar-refractivity contribution in [3.8, 4) is 0 Å². The Balaban J connectivity index is 2.65. The van der Waals surface area contributed by atoms with E-state index in [4.69, 9.17) is 17.4 Å². The SMILES string of the molecule is CN(C)CCn1ncc(Cl)c1NN. The molecule has 1 heterocycles. The van der Waals surface area contributed by atoms with Gasteiger partial charge in [0.05, 0.1) is 12.7 Å². The van der Waals surface area contributed by atoms with E-state index in [0.29, 0.717) is 10.8 Å². The standard InChI is InChI=1S/C7H14ClN5/c1-12(2)3-4-13-7(11-9)6(8)5-10-13/h5,11H,3-4,9H2,1-2H3. The van der Waals surface area contributed by atoms with Gasteiger partial charge < -0.3 is 10.3 Å². The molecule has 0 unspecified atom stereocenters. The molecule has 0 aliphatic rings. The summed E-state index contributed by atoms with van der Waals surface area (Å²) in [6.45, 7) is 1.66. The van der Waals surface area contributed by atoms with Gasteiger partial charge in [0, 0.05) is 6.54 Å². The topological polar surface area (TPSA) is 59.1 Å². The van der Waals surface area contributed by atoms with Crippen LogP contribution in [0.25, 0.3) is 0 Å². The second-order valence-corrected chi connectivity index (χ2v) is 3.42. The second-order valence-electron chi connectivity index (χ2n) is 3.01. The Morgan fingerprint density at radius 2 is 2.38 bits per heavy atom. The smallest absolute Gasteiger partial charge is 0.157 e. The van der Waals surface area contributed by atoms with Crippen molar-refractivity contribution in [1.29, 1.82) is 0 Å². The number of nitrogens with zero attached hydrogens (tertiary/aromatic N) is 3. The van der Waals surface area contributed by atoms with Crippen molar-refractivity contribution in [2.45, 2.75) is 6.54 Å². The van der Waals surface area contributed by atoms with Gasteiger partial charge in [-0.25, -0.2) is 10.5 Å². The Bertz CT molecular complexity index is 270. The van der Waals surface area contributed by atoms with Gasteiger partial charge in [-0.1, -0.05) is 11.6 Å². The van der Waals surface area contributed by atoms with E-state index in [1.807, 2.05) is 14.1 Å². The van der Waals surface area contributed by atoms with Crippen LogP contribution in [-0.4, -0.2) is 35.3 Å². The molecule has 0 aliphatic carbocycles. The number of hydrogen-bond donors (Lipinski definition) is 2. The lowest BCUT2D eigenvalue weighted by Crippen LogP contribution is -2.21. The third-order valence-electron chi connectivity index (χ3n) is 1.69. The third-order valence-corrected chi connectivity index (χ3v) is 1.97. The largest absolute Gasteiger partial charge is 0.308 e. The van der Waals surface area contributed by atoms with Crippen molar-refractivity contribution in [3.05, 3.63) is 11.2 Å². The maximum absolute atomic E-state index is 5.82. The predicted octanol–water partition coefficient (Wildman–Crippen LogP) is 0.384. The number of nitrogen functional groups attached to an aromatic ring is 1. The van der Waals surface area contributed by atoms with Gasteiger partial charge in [-0.2, -0.15) is 5.10 Å². The lowest BCUT2D eigenvalue weighted by atomic mass is 10.5. The van der Waals surface area contributed by atoms with Crippen molar-refractivity contribution in [3.63, 3.8) is 0 Å². The van der Waals surface area contributed by atoms with E-state index in [-0.39, 0.29) is 0 Å². The molecule has 6 heteroatoms. The number of hydrogen-bond acceptors (Lipinski definition) is 4. The van der Waals surface area contributed by atoms with Crippen LogP contribution in [0.5, 0.6) is 0 Å². The van der Waals surface area contributed by atoms with E-state index >= 15 is 0 Å². The van der Waals surface area contributed by atoms with Crippen molar-refractivity contribution >= 4 is 17.4 Å². The lowest BCUT2D eigenvalue weighted by molar-refractivity contribution is 0.374. The van der Waals surface area contributed by atoms with Crippen LogP contribution in [-0.2, 0) is 6.54 Å². The van der Waals surface area contributed by atoms with Crippen molar-refractivity contribution < 1.29 is 0 Å². The second kappa shape index (κ2) is 4.45. The van der Waals surface area contributed by atoms with Gasteiger partial charge in [0.1, 0.15) is 5.02 Å². The van der Waals surface area contributed by atoms with E-state index in [2.05, 4.69) is 15.4 Å². The summed E-state index contributed by atoms with van der Waals surface area (Å²) in [6.07, 6.45) is 1.58. The zero-order chi connectivity index (χ0) is 9.84. The summed E-state index contributed by atoms with van der Waals surface area (Å²) >= 11 is 5.82. The van der Waals surface area contributed by atoms with Crippen LogP contribution in [0.15, 0.2) is 6.20 Å². The Hall–Kier alpha value is -0.780. The number of rotatable bonds is 4. The zero-order valence-corrected chi connectivity index (χ0v) is 8.54. The highest BCUT2D eigenvalue weighted by Crippen LogP contribution is 2.19. The Morgan fingerprint density at radius 3 is 2.92 bits per heavy atom. The number of anilines is 1. The van der Waals surface area contributed by atoms with Gasteiger partial charge in [-0.05, 0) is 14.1 Å². The summed E-state index contributed by atoms with van der Waals surface area (Å²) < 4.78 is 1.74. The van der Waals surface area contributed by atoms with Gasteiger partial charge in [0.15, 0.2) is 5.82 Å². The number of hydrazine groups is 1. The average Bonchev–Trinajstić information content (AvgIpc) is 2.42. The molecule has 74 valence electrons. The summed E-state index contributed by atoms with van der Waals surface area (Å²) in [5.41, 5.74) is 2.52.